The van der Waals surface area contributed by atoms with Gasteiger partial charge < -0.3 is 14.4 Å². The molecule has 0 bridgehead atoms. The Bertz CT molecular complexity index is 956. The number of halogens is 2. The maximum atomic E-state index is 13.6. The Hall–Kier alpha value is -2.80. The first-order valence-corrected chi connectivity index (χ1v) is 7.88. The fourth-order valence-corrected chi connectivity index (χ4v) is 3.29. The van der Waals surface area contributed by atoms with Crippen molar-refractivity contribution < 1.29 is 18.7 Å². The van der Waals surface area contributed by atoms with Gasteiger partial charge in [0.25, 0.3) is 5.91 Å². The van der Waals surface area contributed by atoms with Crippen LogP contribution in [0.4, 0.5) is 8.78 Å². The molecule has 7 heteroatoms. The topological polar surface area (TPSA) is 57.8 Å². The summed E-state index contributed by atoms with van der Waals surface area (Å²) in [4.78, 5) is 18.4. The minimum Gasteiger partial charge on any atom is -0.391 e. The predicted octanol–water partition coefficient (Wildman–Crippen LogP) is 2.56. The van der Waals surface area contributed by atoms with E-state index in [0.29, 0.717) is 11.1 Å². The van der Waals surface area contributed by atoms with Gasteiger partial charge in [0.15, 0.2) is 11.6 Å². The summed E-state index contributed by atoms with van der Waals surface area (Å²) in [6, 6.07) is 6.52. The summed E-state index contributed by atoms with van der Waals surface area (Å²) in [5.74, 6) is -2.18. The summed E-state index contributed by atoms with van der Waals surface area (Å²) in [7, 11) is 0. The molecule has 5 nitrogen and oxygen atoms in total. The van der Waals surface area contributed by atoms with E-state index in [4.69, 9.17) is 0 Å². The van der Waals surface area contributed by atoms with E-state index in [0.717, 1.165) is 17.6 Å². The van der Waals surface area contributed by atoms with E-state index in [1.54, 1.807) is 35.3 Å². The highest BCUT2D eigenvalue weighted by Gasteiger charge is 2.36. The lowest BCUT2D eigenvalue weighted by Gasteiger charge is -2.25. The third-order valence-electron chi connectivity index (χ3n) is 4.52. The average Bonchev–Trinajstić information content (AvgIpc) is 3.22. The number of carbonyl (C=O) groups is 1. The molecule has 2 unspecified atom stereocenters. The van der Waals surface area contributed by atoms with Crippen molar-refractivity contribution in [1.29, 1.82) is 0 Å². The Kier molecular flexibility index (Phi) is 3.73. The van der Waals surface area contributed by atoms with Gasteiger partial charge in [-0.05, 0) is 36.2 Å². The average molecular weight is 343 g/mol. The van der Waals surface area contributed by atoms with Crippen LogP contribution in [0.5, 0.6) is 0 Å². The van der Waals surface area contributed by atoms with E-state index in [1.165, 1.54) is 11.0 Å². The van der Waals surface area contributed by atoms with Crippen LogP contribution in [0.2, 0.25) is 0 Å². The highest BCUT2D eigenvalue weighted by Crippen LogP contribution is 2.34. The van der Waals surface area contributed by atoms with E-state index < -0.39 is 23.8 Å². The summed E-state index contributed by atoms with van der Waals surface area (Å²) in [6.07, 6.45) is 4.51. The van der Waals surface area contributed by atoms with Crippen LogP contribution in [-0.2, 0) is 0 Å². The molecule has 1 aliphatic rings. The largest absolute Gasteiger partial charge is 0.391 e. The zero-order chi connectivity index (χ0) is 17.6. The molecule has 0 aliphatic carbocycles. The third kappa shape index (κ3) is 2.76. The fourth-order valence-electron chi connectivity index (χ4n) is 3.29. The number of aliphatic hydroxyl groups is 1. The molecule has 2 atom stereocenters. The molecule has 1 aliphatic heterocycles. The quantitative estimate of drug-likeness (QED) is 0.778. The number of nitrogens with zero attached hydrogens (tertiary/aromatic N) is 3. The molecule has 0 saturated carbocycles. The van der Waals surface area contributed by atoms with E-state index in [1.807, 2.05) is 0 Å². The number of pyridine rings is 1. The van der Waals surface area contributed by atoms with Crippen molar-refractivity contribution in [2.24, 2.45) is 0 Å². The molecule has 0 radical (unpaired) electrons. The van der Waals surface area contributed by atoms with E-state index >= 15 is 0 Å². The molecule has 2 aromatic heterocycles. The van der Waals surface area contributed by atoms with Crippen molar-refractivity contribution in [1.82, 2.24) is 14.3 Å². The van der Waals surface area contributed by atoms with Crippen LogP contribution in [0, 0.1) is 11.6 Å². The van der Waals surface area contributed by atoms with Gasteiger partial charge in [0.1, 0.15) is 0 Å². The minimum absolute atomic E-state index is 0.143. The Balaban J connectivity index is 1.68. The molecule has 25 heavy (non-hydrogen) atoms. The van der Waals surface area contributed by atoms with Crippen LogP contribution in [-0.4, -0.2) is 37.9 Å². The summed E-state index contributed by atoms with van der Waals surface area (Å²) in [5.41, 5.74) is 1.76. The number of hydrogen-bond donors (Lipinski definition) is 1. The second kappa shape index (κ2) is 5.93. The molecule has 1 amide bonds. The van der Waals surface area contributed by atoms with Crippen molar-refractivity contribution in [3.05, 3.63) is 71.8 Å². The third-order valence-corrected chi connectivity index (χ3v) is 4.52. The molecule has 3 aromatic rings. The SMILES string of the molecule is O=C(c1ccc2cncn2c1)N1CC(O)CC1c1ccc(F)c(F)c1. The van der Waals surface area contributed by atoms with Crippen molar-refractivity contribution >= 4 is 11.4 Å². The monoisotopic (exact) mass is 343 g/mol. The Labute approximate surface area is 142 Å². The molecular formula is C18H15F2N3O2. The number of imidazole rings is 1. The lowest BCUT2D eigenvalue weighted by atomic mass is 10.0. The molecule has 3 heterocycles. The zero-order valence-electron chi connectivity index (χ0n) is 13.1. The smallest absolute Gasteiger partial charge is 0.255 e. The number of aromatic nitrogens is 2. The second-order valence-electron chi connectivity index (χ2n) is 6.18. The first kappa shape index (κ1) is 15.7. The van der Waals surface area contributed by atoms with Gasteiger partial charge in [0.05, 0.1) is 35.8 Å². The van der Waals surface area contributed by atoms with Gasteiger partial charge in [-0.25, -0.2) is 13.8 Å². The first-order valence-electron chi connectivity index (χ1n) is 7.88. The van der Waals surface area contributed by atoms with Gasteiger partial charge in [-0.1, -0.05) is 6.07 Å². The number of rotatable bonds is 2. The number of hydrogen-bond acceptors (Lipinski definition) is 3. The van der Waals surface area contributed by atoms with E-state index in [2.05, 4.69) is 4.98 Å². The summed E-state index contributed by atoms with van der Waals surface area (Å²) >= 11 is 0. The van der Waals surface area contributed by atoms with Crippen molar-refractivity contribution in [3.8, 4) is 0 Å². The number of likely N-dealkylation sites (tertiary alicyclic amines) is 1. The fraction of sp³-hybridized carbons (Fsp3) is 0.222. The van der Waals surface area contributed by atoms with Crippen LogP contribution >= 0.6 is 0 Å². The van der Waals surface area contributed by atoms with Gasteiger partial charge in [-0.15, -0.1) is 0 Å². The maximum Gasteiger partial charge on any atom is 0.255 e. The van der Waals surface area contributed by atoms with E-state index in [9.17, 15) is 18.7 Å². The van der Waals surface area contributed by atoms with Crippen molar-refractivity contribution in [3.63, 3.8) is 0 Å². The molecule has 1 saturated heterocycles. The van der Waals surface area contributed by atoms with Gasteiger partial charge in [0, 0.05) is 12.7 Å². The summed E-state index contributed by atoms with van der Waals surface area (Å²) < 4.78 is 28.5. The Morgan fingerprint density at radius 3 is 2.84 bits per heavy atom. The lowest BCUT2D eigenvalue weighted by molar-refractivity contribution is 0.0715. The molecule has 1 N–H and O–H groups in total. The summed E-state index contributed by atoms with van der Waals surface area (Å²) in [5, 5.41) is 10.0. The van der Waals surface area contributed by atoms with Gasteiger partial charge >= 0.3 is 0 Å². The van der Waals surface area contributed by atoms with E-state index in [-0.39, 0.29) is 18.9 Å². The van der Waals surface area contributed by atoms with Crippen molar-refractivity contribution in [2.45, 2.75) is 18.6 Å². The molecular weight excluding hydrogens is 328 g/mol. The number of aliphatic hydroxyl groups excluding tert-OH is 1. The van der Waals surface area contributed by atoms with Gasteiger partial charge in [0.2, 0.25) is 0 Å². The molecule has 1 aromatic carbocycles. The molecule has 128 valence electrons. The second-order valence-corrected chi connectivity index (χ2v) is 6.18. The highest BCUT2D eigenvalue weighted by atomic mass is 19.2. The predicted molar refractivity (Wildman–Crippen MR) is 86.0 cm³/mol. The molecule has 0 spiro atoms. The highest BCUT2D eigenvalue weighted by molar-refractivity contribution is 5.94. The Morgan fingerprint density at radius 1 is 1.20 bits per heavy atom. The number of β-amino-alcohol motifs (C(OH)–C–C–N with tert-alkyl or cyclic N) is 1. The minimum atomic E-state index is -0.967. The first-order chi connectivity index (χ1) is 12.0. The van der Waals surface area contributed by atoms with Gasteiger partial charge in [-0.3, -0.25) is 4.79 Å². The standard InChI is InChI=1S/C18H15F2N3O2/c19-15-4-2-11(5-16(15)20)17-6-14(24)9-23(17)18(25)12-1-3-13-7-21-10-22(13)8-12/h1-5,7-8,10,14,17,24H,6,9H2. The van der Waals surface area contributed by atoms with Crippen molar-refractivity contribution in [2.75, 3.05) is 6.54 Å². The van der Waals surface area contributed by atoms with Gasteiger partial charge in [-0.2, -0.15) is 0 Å². The maximum absolute atomic E-state index is 13.6. The molecule has 1 fully saturated rings. The number of amides is 1. The summed E-state index contributed by atoms with van der Waals surface area (Å²) in [6.45, 7) is 0.143. The Morgan fingerprint density at radius 2 is 2.04 bits per heavy atom. The lowest BCUT2D eigenvalue weighted by Crippen LogP contribution is -2.32. The van der Waals surface area contributed by atoms with Crippen LogP contribution < -0.4 is 0 Å². The normalized spacial score (nSPS) is 20.4. The van der Waals surface area contributed by atoms with Crippen LogP contribution in [0.25, 0.3) is 5.52 Å². The number of benzene rings is 1. The number of fused-ring (bicyclic) bond motifs is 1. The van der Waals surface area contributed by atoms with Crippen LogP contribution in [0.1, 0.15) is 28.4 Å². The van der Waals surface area contributed by atoms with Crippen LogP contribution in [0.15, 0.2) is 49.1 Å². The zero-order valence-corrected chi connectivity index (χ0v) is 13.1. The number of carbonyl (C=O) groups excluding carboxylic acids is 1. The van der Waals surface area contributed by atoms with Crippen LogP contribution in [0.3, 0.4) is 0 Å². The molecule has 4 rings (SSSR count).